The quantitative estimate of drug-likeness (QED) is 0.423. The molecule has 5 rings (SSSR count). The molecule has 0 radical (unpaired) electrons. The minimum Gasteiger partial charge on any atom is -0.368 e. The Morgan fingerprint density at radius 2 is 1.80 bits per heavy atom. The molecule has 1 saturated heterocycles. The first-order valence-electron chi connectivity index (χ1n) is 12.8. The summed E-state index contributed by atoms with van der Waals surface area (Å²) in [5.74, 6) is -0.0880. The number of hydrogen-bond donors (Lipinski definition) is 1. The summed E-state index contributed by atoms with van der Waals surface area (Å²) in [4.78, 5) is 27.1. The number of carbonyl (C=O) groups excluding carboxylic acids is 1. The van der Waals surface area contributed by atoms with E-state index in [4.69, 9.17) is 23.2 Å². The van der Waals surface area contributed by atoms with Gasteiger partial charge in [-0.1, -0.05) is 11.6 Å². The third-order valence-electron chi connectivity index (χ3n) is 7.24. The van der Waals surface area contributed by atoms with Gasteiger partial charge in [-0.05, 0) is 79.4 Å². The predicted octanol–water partition coefficient (Wildman–Crippen LogP) is 3.95. The number of rotatable bonds is 6. The van der Waals surface area contributed by atoms with Crippen molar-refractivity contribution >= 4 is 56.3 Å². The topological polar surface area (TPSA) is 123 Å². The first-order chi connectivity index (χ1) is 19.2. The van der Waals surface area contributed by atoms with Crippen LogP contribution >= 0.6 is 23.2 Å². The zero-order valence-electron chi connectivity index (χ0n) is 21.7. The maximum Gasteiger partial charge on any atom is 0.263 e. The second kappa shape index (κ2) is 11.5. The summed E-state index contributed by atoms with van der Waals surface area (Å²) in [6.45, 7) is 5.17. The van der Waals surface area contributed by atoms with Gasteiger partial charge in [0.2, 0.25) is 11.2 Å². The molecule has 10 nitrogen and oxygen atoms in total. The minimum atomic E-state index is -4.01. The average Bonchev–Trinajstić information content (AvgIpc) is 2.96. The Bertz CT molecular complexity index is 1570. The zero-order chi connectivity index (χ0) is 28.4. The van der Waals surface area contributed by atoms with Crippen LogP contribution < -0.4 is 14.5 Å². The number of aromatic nitrogens is 2. The van der Waals surface area contributed by atoms with Gasteiger partial charge in [-0.2, -0.15) is 10.2 Å². The summed E-state index contributed by atoms with van der Waals surface area (Å²) < 4.78 is 28.1. The highest BCUT2D eigenvalue weighted by molar-refractivity contribution is 7.92. The molecule has 0 bridgehead atoms. The number of hydrogen-bond acceptors (Lipinski definition) is 8. The molecule has 1 aromatic heterocycles. The van der Waals surface area contributed by atoms with Gasteiger partial charge in [0.05, 0.1) is 11.1 Å². The SMILES string of the molecule is C[C@H](C(=O)N1CCN(c2ccc(S(=O)(=O)Nc3nc(Cl)ncc3C#N)cc2)CC1)N1CCCc2cc(Cl)ccc21. The Morgan fingerprint density at radius 1 is 1.07 bits per heavy atom. The number of nitrogens with zero attached hydrogens (tertiary/aromatic N) is 6. The van der Waals surface area contributed by atoms with Crippen molar-refractivity contribution in [3.05, 3.63) is 70.1 Å². The number of nitriles is 1. The lowest BCUT2D eigenvalue weighted by molar-refractivity contribution is -0.132. The van der Waals surface area contributed by atoms with Crippen molar-refractivity contribution in [2.24, 2.45) is 0 Å². The van der Waals surface area contributed by atoms with Crippen LogP contribution in [0.5, 0.6) is 0 Å². The molecule has 2 aliphatic heterocycles. The van der Waals surface area contributed by atoms with Gasteiger partial charge in [0.1, 0.15) is 17.7 Å². The van der Waals surface area contributed by atoms with E-state index in [9.17, 15) is 18.5 Å². The lowest BCUT2D eigenvalue weighted by Crippen LogP contribution is -2.55. The molecule has 13 heteroatoms. The first kappa shape index (κ1) is 28.0. The summed E-state index contributed by atoms with van der Waals surface area (Å²) in [6, 6.07) is 13.9. The van der Waals surface area contributed by atoms with Crippen LogP contribution in [0.3, 0.4) is 0 Å². The molecule has 2 aliphatic rings. The molecule has 0 saturated carbocycles. The van der Waals surface area contributed by atoms with Gasteiger partial charge in [0, 0.05) is 49.1 Å². The highest BCUT2D eigenvalue weighted by Gasteiger charge is 2.31. The maximum atomic E-state index is 13.4. The fourth-order valence-corrected chi connectivity index (χ4v) is 6.47. The van der Waals surface area contributed by atoms with Crippen LogP contribution in [0.25, 0.3) is 0 Å². The Hall–Kier alpha value is -3.59. The van der Waals surface area contributed by atoms with Crippen molar-refractivity contribution in [1.82, 2.24) is 14.9 Å². The fraction of sp³-hybridized carbons (Fsp3) is 0.333. The lowest BCUT2D eigenvalue weighted by atomic mass is 10.00. The van der Waals surface area contributed by atoms with Crippen molar-refractivity contribution in [1.29, 1.82) is 5.26 Å². The average molecular weight is 601 g/mol. The van der Waals surface area contributed by atoms with E-state index in [1.165, 1.54) is 17.7 Å². The van der Waals surface area contributed by atoms with E-state index in [-0.39, 0.29) is 33.5 Å². The lowest BCUT2D eigenvalue weighted by Gasteiger charge is -2.41. The Balaban J connectivity index is 1.21. The fourth-order valence-electron chi connectivity index (χ4n) is 5.12. The molecule has 1 atom stereocenters. The van der Waals surface area contributed by atoms with Crippen molar-refractivity contribution in [3.8, 4) is 6.07 Å². The second-order valence-corrected chi connectivity index (χ2v) is 12.1. The molecule has 0 unspecified atom stereocenters. The van der Waals surface area contributed by atoms with Gasteiger partial charge in [-0.15, -0.1) is 0 Å². The van der Waals surface area contributed by atoms with Crippen molar-refractivity contribution in [3.63, 3.8) is 0 Å². The number of anilines is 3. The Kier molecular flexibility index (Phi) is 8.03. The van der Waals surface area contributed by atoms with Crippen LogP contribution in [0.15, 0.2) is 53.6 Å². The van der Waals surface area contributed by atoms with Gasteiger partial charge in [-0.25, -0.2) is 13.4 Å². The standard InChI is InChI=1S/C27H27Cl2N7O3S/c1-18(36-10-2-3-19-15-21(28)4-9-24(19)36)26(37)35-13-11-34(12-14-35)22-5-7-23(8-6-22)40(38,39)33-25-20(16-30)17-31-27(29)32-25/h4-9,15,17-18H,2-3,10-14H2,1H3,(H,31,32,33)/t18-/m1/s1. The van der Waals surface area contributed by atoms with Crippen LogP contribution in [-0.4, -0.2) is 68.0 Å². The van der Waals surface area contributed by atoms with E-state index in [1.807, 2.05) is 36.1 Å². The number of nitrogens with one attached hydrogen (secondary N) is 1. The largest absolute Gasteiger partial charge is 0.368 e. The maximum absolute atomic E-state index is 13.4. The van der Waals surface area contributed by atoms with Gasteiger partial charge in [0.15, 0.2) is 5.82 Å². The third-order valence-corrected chi connectivity index (χ3v) is 9.01. The number of amides is 1. The molecule has 1 N–H and O–H groups in total. The highest BCUT2D eigenvalue weighted by Crippen LogP contribution is 2.31. The molecular weight excluding hydrogens is 573 g/mol. The summed E-state index contributed by atoms with van der Waals surface area (Å²) in [5, 5.41) is 9.74. The number of piperazine rings is 1. The van der Waals surface area contributed by atoms with E-state index in [1.54, 1.807) is 12.1 Å². The molecule has 1 amide bonds. The molecule has 0 aliphatic carbocycles. The highest BCUT2D eigenvalue weighted by atomic mass is 35.5. The van der Waals surface area contributed by atoms with Crippen molar-refractivity contribution in [2.75, 3.05) is 47.2 Å². The number of aryl methyl sites for hydroxylation is 1. The number of carbonyl (C=O) groups is 1. The Morgan fingerprint density at radius 3 is 2.50 bits per heavy atom. The van der Waals surface area contributed by atoms with E-state index in [2.05, 4.69) is 24.5 Å². The van der Waals surface area contributed by atoms with Crippen LogP contribution in [-0.2, 0) is 21.2 Å². The van der Waals surface area contributed by atoms with E-state index >= 15 is 0 Å². The molecule has 208 valence electrons. The molecule has 3 heterocycles. The van der Waals surface area contributed by atoms with Gasteiger partial charge < -0.3 is 14.7 Å². The van der Waals surface area contributed by atoms with E-state index < -0.39 is 10.0 Å². The summed E-state index contributed by atoms with van der Waals surface area (Å²) in [7, 11) is -4.01. The molecule has 0 spiro atoms. The molecule has 2 aromatic carbocycles. The summed E-state index contributed by atoms with van der Waals surface area (Å²) >= 11 is 11.9. The second-order valence-electron chi connectivity index (χ2n) is 9.67. The summed E-state index contributed by atoms with van der Waals surface area (Å²) in [6.07, 6.45) is 3.09. The van der Waals surface area contributed by atoms with Gasteiger partial charge in [-0.3, -0.25) is 9.52 Å². The van der Waals surface area contributed by atoms with Crippen molar-refractivity contribution < 1.29 is 13.2 Å². The first-order valence-corrected chi connectivity index (χ1v) is 15.0. The number of halogens is 2. The Labute approximate surface area is 243 Å². The number of benzene rings is 2. The molecular formula is C27H27Cl2N7O3S. The number of fused-ring (bicyclic) bond motifs is 1. The number of sulfonamides is 1. The zero-order valence-corrected chi connectivity index (χ0v) is 24.0. The summed E-state index contributed by atoms with van der Waals surface area (Å²) in [5.41, 5.74) is 3.06. The van der Waals surface area contributed by atoms with Crippen LogP contribution in [0.2, 0.25) is 10.3 Å². The predicted molar refractivity (Wildman–Crippen MR) is 154 cm³/mol. The monoisotopic (exact) mass is 599 g/mol. The molecule has 40 heavy (non-hydrogen) atoms. The molecule has 1 fully saturated rings. The third kappa shape index (κ3) is 5.80. The normalized spacial score (nSPS) is 16.2. The molecule has 3 aromatic rings. The van der Waals surface area contributed by atoms with Gasteiger partial charge >= 0.3 is 0 Å². The van der Waals surface area contributed by atoms with Crippen LogP contribution in [0, 0.1) is 11.3 Å². The minimum absolute atomic E-state index is 0.0145. The van der Waals surface area contributed by atoms with Crippen LogP contribution in [0.1, 0.15) is 24.5 Å². The smallest absolute Gasteiger partial charge is 0.263 e. The van der Waals surface area contributed by atoms with E-state index in [0.717, 1.165) is 37.0 Å². The van der Waals surface area contributed by atoms with E-state index in [0.29, 0.717) is 31.2 Å². The van der Waals surface area contributed by atoms with Crippen LogP contribution in [0.4, 0.5) is 17.2 Å². The van der Waals surface area contributed by atoms with Gasteiger partial charge in [0.25, 0.3) is 10.0 Å². The van der Waals surface area contributed by atoms with Crippen molar-refractivity contribution in [2.45, 2.75) is 30.7 Å².